The molecule has 0 saturated heterocycles. The Hall–Kier alpha value is -1.09. The quantitative estimate of drug-likeness (QED) is 0.178. The van der Waals surface area contributed by atoms with Gasteiger partial charge in [0.15, 0.2) is 0 Å². The zero-order chi connectivity index (χ0) is 15.7. The number of hydrogen-bond acceptors (Lipinski definition) is 5. The van der Waals surface area contributed by atoms with Crippen LogP contribution in [0.2, 0.25) is 0 Å². The van der Waals surface area contributed by atoms with Crippen molar-refractivity contribution in [2.75, 3.05) is 16.6 Å². The summed E-state index contributed by atoms with van der Waals surface area (Å²) < 4.78 is 5.64. The van der Waals surface area contributed by atoms with Crippen LogP contribution in [0, 0.1) is 0 Å². The minimum absolute atomic E-state index is 0.212. The third-order valence-corrected chi connectivity index (χ3v) is 6.59. The van der Waals surface area contributed by atoms with E-state index in [0.29, 0.717) is 11.3 Å². The second kappa shape index (κ2) is 9.78. The van der Waals surface area contributed by atoms with Crippen LogP contribution >= 0.6 is 11.8 Å². The number of esters is 1. The number of carbonyl (C=O) groups is 3. The molecular weight excluding hydrogens is 405 g/mol. The van der Waals surface area contributed by atoms with Crippen molar-refractivity contribution in [3.05, 3.63) is 35.9 Å². The first-order chi connectivity index (χ1) is 10.0. The zero-order valence-electron chi connectivity index (χ0n) is 11.8. The zero-order valence-corrected chi connectivity index (χ0v) is 14.8. The molecule has 0 spiro atoms. The van der Waals surface area contributed by atoms with E-state index in [1.807, 2.05) is 6.07 Å². The number of halogens is 1. The summed E-state index contributed by atoms with van der Waals surface area (Å²) in [6.45, 7) is 1.57. The molecule has 116 valence electrons. The molecule has 0 aliphatic heterocycles. The van der Waals surface area contributed by atoms with Crippen LogP contribution in [0.25, 0.3) is 0 Å². The van der Waals surface area contributed by atoms with Crippen LogP contribution in [0.5, 0.6) is 0 Å². The van der Waals surface area contributed by atoms with Gasteiger partial charge in [-0.1, -0.05) is 0 Å². The number of methoxy groups -OCH3 is 1. The van der Waals surface area contributed by atoms with Crippen LogP contribution in [0.3, 0.4) is 0 Å². The fourth-order valence-electron chi connectivity index (χ4n) is 1.42. The molecule has 0 aliphatic carbocycles. The Balaban J connectivity index is 2.55. The molecule has 0 fully saturated rings. The first-order valence-corrected chi connectivity index (χ1v) is 9.91. The van der Waals surface area contributed by atoms with Crippen molar-refractivity contribution >= 4 is 27.4 Å². The Bertz CT molecular complexity index is 495. The summed E-state index contributed by atoms with van der Waals surface area (Å²) >= 11 is 0.986. The van der Waals surface area contributed by atoms with Crippen molar-refractivity contribution < 1.29 is 40.3 Å². The number of ether oxygens (including phenoxy) is 1. The fraction of sp³-hybridized carbons (Fsp3) is 0.357. The van der Waals surface area contributed by atoms with Gasteiger partial charge in [0.2, 0.25) is 0 Å². The van der Waals surface area contributed by atoms with Gasteiger partial charge in [0.05, 0.1) is 0 Å². The van der Waals surface area contributed by atoms with Gasteiger partial charge in [-0.25, -0.2) is 0 Å². The van der Waals surface area contributed by atoms with Crippen LogP contribution < -0.4 is 26.5 Å². The van der Waals surface area contributed by atoms with E-state index in [1.54, 1.807) is 31.2 Å². The van der Waals surface area contributed by atoms with E-state index < -0.39 is 33.2 Å². The standard InChI is InChI=1S/C14H17INO4S/c1-10(17)15-9-21-8-12(14(19)20-2)16-13(18)11-6-4-3-5-7-11/h3-7,12H,8-9H2,1-2H3,(H,16,18)/q-1. The van der Waals surface area contributed by atoms with Gasteiger partial charge in [-0.15, -0.1) is 0 Å². The Morgan fingerprint density at radius 2 is 1.95 bits per heavy atom. The van der Waals surface area contributed by atoms with Gasteiger partial charge in [0, 0.05) is 0 Å². The molecule has 1 unspecified atom stereocenters. The van der Waals surface area contributed by atoms with Crippen molar-refractivity contribution in [3.63, 3.8) is 0 Å². The summed E-state index contributed by atoms with van der Waals surface area (Å²) in [7, 11) is 1.29. The molecule has 1 amide bonds. The first kappa shape index (κ1) is 18.0. The van der Waals surface area contributed by atoms with Crippen molar-refractivity contribution in [1.29, 1.82) is 0 Å². The summed E-state index contributed by atoms with van der Waals surface area (Å²) in [6.07, 6.45) is 0. The van der Waals surface area contributed by atoms with Gasteiger partial charge >= 0.3 is 139 Å². The maximum absolute atomic E-state index is 12.0. The molecular formula is C14H17INO4S-. The van der Waals surface area contributed by atoms with Gasteiger partial charge < -0.3 is 0 Å². The average molecular weight is 422 g/mol. The summed E-state index contributed by atoms with van der Waals surface area (Å²) in [5, 5.41) is 2.67. The van der Waals surface area contributed by atoms with Gasteiger partial charge in [-0.3, -0.25) is 0 Å². The summed E-state index contributed by atoms with van der Waals surface area (Å²) in [4.78, 5) is 34.7. The Morgan fingerprint density at radius 1 is 1.29 bits per heavy atom. The SMILES string of the molecule is COC(=O)C(CSC[I-]C(C)=O)NC(=O)c1ccccc1. The molecule has 0 aliphatic rings. The van der Waals surface area contributed by atoms with Gasteiger partial charge in [0.1, 0.15) is 0 Å². The topological polar surface area (TPSA) is 72.5 Å². The van der Waals surface area contributed by atoms with E-state index in [-0.39, 0.29) is 9.70 Å². The number of benzene rings is 1. The summed E-state index contributed by atoms with van der Waals surface area (Å²) in [6, 6.07) is 7.98. The van der Waals surface area contributed by atoms with Crippen LogP contribution in [0.1, 0.15) is 17.3 Å². The fourth-order valence-corrected chi connectivity index (χ4v) is 4.93. The van der Waals surface area contributed by atoms with E-state index in [1.165, 1.54) is 18.9 Å². The molecule has 0 heterocycles. The molecule has 7 heteroatoms. The number of nitrogens with one attached hydrogen (secondary N) is 1. The van der Waals surface area contributed by atoms with Crippen molar-refractivity contribution in [1.82, 2.24) is 5.32 Å². The molecule has 1 rings (SSSR count). The third kappa shape index (κ3) is 6.94. The van der Waals surface area contributed by atoms with E-state index in [2.05, 4.69) is 5.32 Å². The number of alkyl halides is 1. The van der Waals surface area contributed by atoms with Crippen LogP contribution in [0.15, 0.2) is 30.3 Å². The van der Waals surface area contributed by atoms with Gasteiger partial charge in [-0.05, 0) is 0 Å². The second-order valence-corrected chi connectivity index (χ2v) is 9.11. The molecule has 1 aromatic carbocycles. The Morgan fingerprint density at radius 3 is 2.52 bits per heavy atom. The number of thioether (sulfide) groups is 1. The molecule has 0 aromatic heterocycles. The van der Waals surface area contributed by atoms with Crippen LogP contribution in [-0.2, 0) is 14.3 Å². The number of hydrogen-bond donors (Lipinski definition) is 1. The molecule has 21 heavy (non-hydrogen) atoms. The Kier molecular flexibility index (Phi) is 8.36. The van der Waals surface area contributed by atoms with Gasteiger partial charge in [-0.2, -0.15) is 0 Å². The minimum atomic E-state index is -0.705. The molecule has 1 atom stereocenters. The van der Waals surface area contributed by atoms with Crippen molar-refractivity contribution in [2.24, 2.45) is 0 Å². The number of carbonyl (C=O) groups excluding carboxylic acids is 3. The molecule has 0 radical (unpaired) electrons. The summed E-state index contributed by atoms with van der Waals surface area (Å²) in [5.41, 5.74) is 0.493. The molecule has 0 bridgehead atoms. The first-order valence-electron chi connectivity index (χ1n) is 6.15. The molecule has 1 N–H and O–H groups in total. The van der Waals surface area contributed by atoms with Gasteiger partial charge in [0.25, 0.3) is 0 Å². The predicted molar refractivity (Wildman–Crippen MR) is 77.7 cm³/mol. The molecule has 1 aromatic rings. The predicted octanol–water partition coefficient (Wildman–Crippen LogP) is -1.72. The van der Waals surface area contributed by atoms with E-state index in [9.17, 15) is 14.4 Å². The average Bonchev–Trinajstić information content (AvgIpc) is 2.50. The second-order valence-electron chi connectivity index (χ2n) is 4.00. The van der Waals surface area contributed by atoms with E-state index in [0.717, 1.165) is 3.76 Å². The monoisotopic (exact) mass is 422 g/mol. The van der Waals surface area contributed by atoms with Crippen molar-refractivity contribution in [3.8, 4) is 0 Å². The van der Waals surface area contributed by atoms with Crippen molar-refractivity contribution in [2.45, 2.75) is 13.0 Å². The third-order valence-electron chi connectivity index (χ3n) is 2.43. The van der Waals surface area contributed by atoms with Crippen LogP contribution in [0.4, 0.5) is 0 Å². The molecule has 5 nitrogen and oxygen atoms in total. The normalized spacial score (nSPS) is 11.7. The van der Waals surface area contributed by atoms with E-state index in [4.69, 9.17) is 4.74 Å². The maximum atomic E-state index is 12.0. The van der Waals surface area contributed by atoms with Crippen LogP contribution in [-0.4, -0.2) is 38.3 Å². The number of amides is 1. The Labute approximate surface area is 138 Å². The van der Waals surface area contributed by atoms with E-state index >= 15 is 0 Å². The molecule has 0 saturated carbocycles. The number of rotatable bonds is 8. The summed E-state index contributed by atoms with van der Waals surface area (Å²) in [5.74, 6) is -0.390.